The zero-order chi connectivity index (χ0) is 18.1. The molecule has 1 aliphatic rings. The van der Waals surface area contributed by atoms with E-state index in [0.29, 0.717) is 27.6 Å². The van der Waals surface area contributed by atoms with Crippen LogP contribution >= 0.6 is 11.3 Å². The van der Waals surface area contributed by atoms with Crippen molar-refractivity contribution in [3.8, 4) is 0 Å². The third kappa shape index (κ3) is 3.43. The predicted molar refractivity (Wildman–Crippen MR) is 92.0 cm³/mol. The number of nitrogens with two attached hydrogens (primary N) is 1. The van der Waals surface area contributed by atoms with Gasteiger partial charge in [-0.1, -0.05) is 0 Å². The fourth-order valence-corrected chi connectivity index (χ4v) is 4.27. The van der Waals surface area contributed by atoms with Crippen molar-refractivity contribution in [2.45, 2.75) is 33.1 Å². The van der Waals surface area contributed by atoms with Crippen LogP contribution in [0.15, 0.2) is 10.5 Å². The molecule has 0 bridgehead atoms. The molecule has 25 heavy (non-hydrogen) atoms. The van der Waals surface area contributed by atoms with Gasteiger partial charge in [0.1, 0.15) is 22.1 Å². The minimum Gasteiger partial charge on any atom is -0.466 e. The minimum absolute atomic E-state index is 0.290. The summed E-state index contributed by atoms with van der Waals surface area (Å²) in [5.41, 5.74) is 7.03. The average Bonchev–Trinajstić information content (AvgIpc) is 3.18. The van der Waals surface area contributed by atoms with Gasteiger partial charge in [-0.25, -0.2) is 4.79 Å². The number of carbonyl (C=O) groups is 3. The summed E-state index contributed by atoms with van der Waals surface area (Å²) >= 11 is 1.35. The van der Waals surface area contributed by atoms with Crippen LogP contribution in [-0.2, 0) is 22.4 Å². The number of aryl methyl sites for hydroxylation is 3. The number of primary amides is 1. The maximum Gasteiger partial charge on any atom is 0.342 e. The van der Waals surface area contributed by atoms with Gasteiger partial charge in [0.2, 0.25) is 0 Å². The molecule has 2 amide bonds. The van der Waals surface area contributed by atoms with Crippen LogP contribution in [0.25, 0.3) is 0 Å². The third-order valence-electron chi connectivity index (χ3n) is 4.02. The second kappa shape index (κ2) is 6.72. The Kier molecular flexibility index (Phi) is 4.63. The third-order valence-corrected chi connectivity index (χ3v) is 5.22. The number of thiophene rings is 1. The highest BCUT2D eigenvalue weighted by molar-refractivity contribution is 7.17. The maximum atomic E-state index is 12.1. The molecule has 0 saturated carbocycles. The molecule has 132 valence electrons. The van der Waals surface area contributed by atoms with Crippen molar-refractivity contribution >= 4 is 34.1 Å². The molecule has 3 rings (SSSR count). The van der Waals surface area contributed by atoms with Crippen LogP contribution in [-0.4, -0.2) is 24.4 Å². The van der Waals surface area contributed by atoms with E-state index in [9.17, 15) is 14.4 Å². The van der Waals surface area contributed by atoms with Gasteiger partial charge in [0.15, 0.2) is 6.61 Å². The van der Waals surface area contributed by atoms with E-state index in [1.165, 1.54) is 11.3 Å². The molecule has 0 aliphatic heterocycles. The first-order chi connectivity index (χ1) is 11.9. The molecule has 2 aromatic heterocycles. The Hall–Kier alpha value is -2.61. The van der Waals surface area contributed by atoms with E-state index in [4.69, 9.17) is 14.9 Å². The Bertz CT molecular complexity index is 865. The van der Waals surface area contributed by atoms with Crippen LogP contribution < -0.4 is 11.1 Å². The number of fused-ring (bicyclic) bond motifs is 1. The number of rotatable bonds is 5. The van der Waals surface area contributed by atoms with E-state index in [1.807, 2.05) is 0 Å². The van der Waals surface area contributed by atoms with Gasteiger partial charge in [-0.3, -0.25) is 9.59 Å². The lowest BCUT2D eigenvalue weighted by Crippen LogP contribution is -2.22. The molecule has 0 spiro atoms. The molecule has 1 aliphatic carbocycles. The largest absolute Gasteiger partial charge is 0.466 e. The average molecular weight is 362 g/mol. The fourth-order valence-electron chi connectivity index (χ4n) is 2.96. The van der Waals surface area contributed by atoms with Crippen LogP contribution in [0, 0.1) is 13.8 Å². The molecular weight excluding hydrogens is 344 g/mol. The predicted octanol–water partition coefficient (Wildman–Crippen LogP) is 2.34. The standard InChI is InChI=1S/C17H18N2O5S/c1-8-6-11(9(2)24-8)17(22)23-7-13(20)19-16-14(15(18)21)10-4-3-5-12(10)25-16/h6H,3-5,7H2,1-2H3,(H2,18,21)(H,19,20). The zero-order valence-electron chi connectivity index (χ0n) is 13.9. The van der Waals surface area contributed by atoms with Gasteiger partial charge in [-0.15, -0.1) is 11.3 Å². The Balaban J connectivity index is 1.65. The molecule has 2 heterocycles. The van der Waals surface area contributed by atoms with Gasteiger partial charge < -0.3 is 20.2 Å². The van der Waals surface area contributed by atoms with Crippen molar-refractivity contribution in [1.29, 1.82) is 0 Å². The van der Waals surface area contributed by atoms with E-state index in [2.05, 4.69) is 5.32 Å². The number of amides is 2. The number of hydrogen-bond acceptors (Lipinski definition) is 6. The molecule has 7 nitrogen and oxygen atoms in total. The Labute approximate surface area is 148 Å². The number of nitrogens with one attached hydrogen (secondary N) is 1. The van der Waals surface area contributed by atoms with Crippen molar-refractivity contribution in [2.75, 3.05) is 11.9 Å². The SMILES string of the molecule is Cc1cc(C(=O)OCC(=O)Nc2sc3c(c2C(N)=O)CCC3)c(C)o1. The van der Waals surface area contributed by atoms with E-state index < -0.39 is 24.4 Å². The van der Waals surface area contributed by atoms with Crippen molar-refractivity contribution in [3.05, 3.63) is 39.2 Å². The molecule has 2 aromatic rings. The minimum atomic E-state index is -0.631. The first-order valence-electron chi connectivity index (χ1n) is 7.85. The van der Waals surface area contributed by atoms with Crippen molar-refractivity contribution in [1.82, 2.24) is 0 Å². The highest BCUT2D eigenvalue weighted by atomic mass is 32.1. The number of esters is 1. The Morgan fingerprint density at radius 2 is 2.08 bits per heavy atom. The zero-order valence-corrected chi connectivity index (χ0v) is 14.7. The van der Waals surface area contributed by atoms with Crippen LogP contribution in [0.4, 0.5) is 5.00 Å². The highest BCUT2D eigenvalue weighted by Gasteiger charge is 2.26. The van der Waals surface area contributed by atoms with Gasteiger partial charge in [-0.2, -0.15) is 0 Å². The molecule has 0 fully saturated rings. The molecule has 0 aromatic carbocycles. The molecular formula is C17H18N2O5S. The summed E-state index contributed by atoms with van der Waals surface area (Å²) in [6.07, 6.45) is 2.65. The molecule has 0 saturated heterocycles. The van der Waals surface area contributed by atoms with Crippen LogP contribution in [0.5, 0.6) is 0 Å². The van der Waals surface area contributed by atoms with E-state index in [-0.39, 0.29) is 0 Å². The summed E-state index contributed by atoms with van der Waals surface area (Å²) in [5.74, 6) is -0.681. The summed E-state index contributed by atoms with van der Waals surface area (Å²) in [4.78, 5) is 36.8. The lowest BCUT2D eigenvalue weighted by Gasteiger charge is -2.07. The van der Waals surface area contributed by atoms with Crippen LogP contribution in [0.2, 0.25) is 0 Å². The van der Waals surface area contributed by atoms with Crippen LogP contribution in [0.1, 0.15) is 49.1 Å². The highest BCUT2D eigenvalue weighted by Crippen LogP contribution is 2.38. The number of hydrogen-bond donors (Lipinski definition) is 2. The second-order valence-electron chi connectivity index (χ2n) is 5.88. The van der Waals surface area contributed by atoms with Gasteiger partial charge in [0.05, 0.1) is 5.56 Å². The topological polar surface area (TPSA) is 112 Å². The van der Waals surface area contributed by atoms with Crippen molar-refractivity contribution in [2.24, 2.45) is 5.73 Å². The Morgan fingerprint density at radius 3 is 2.72 bits per heavy atom. The first kappa shape index (κ1) is 17.2. The van der Waals surface area contributed by atoms with E-state index >= 15 is 0 Å². The number of anilines is 1. The second-order valence-corrected chi connectivity index (χ2v) is 6.98. The van der Waals surface area contributed by atoms with Gasteiger partial charge in [-0.05, 0) is 44.7 Å². The number of ether oxygens (including phenoxy) is 1. The smallest absolute Gasteiger partial charge is 0.342 e. The van der Waals surface area contributed by atoms with E-state index in [1.54, 1.807) is 19.9 Å². The quantitative estimate of drug-likeness (QED) is 0.793. The molecule has 8 heteroatoms. The molecule has 0 atom stereocenters. The molecule has 3 N–H and O–H groups in total. The summed E-state index contributed by atoms with van der Waals surface area (Å²) in [5, 5.41) is 3.05. The van der Waals surface area contributed by atoms with Crippen molar-refractivity contribution < 1.29 is 23.5 Å². The van der Waals surface area contributed by atoms with Gasteiger partial charge in [0.25, 0.3) is 11.8 Å². The van der Waals surface area contributed by atoms with Gasteiger partial charge in [0, 0.05) is 4.88 Å². The summed E-state index contributed by atoms with van der Waals surface area (Å²) < 4.78 is 10.3. The molecule has 0 radical (unpaired) electrons. The first-order valence-corrected chi connectivity index (χ1v) is 8.66. The summed E-state index contributed by atoms with van der Waals surface area (Å²) in [6, 6.07) is 1.56. The monoisotopic (exact) mass is 362 g/mol. The number of furan rings is 1. The Morgan fingerprint density at radius 1 is 1.32 bits per heavy atom. The lowest BCUT2D eigenvalue weighted by atomic mass is 10.1. The summed E-state index contributed by atoms with van der Waals surface area (Å²) in [7, 11) is 0. The van der Waals surface area contributed by atoms with Gasteiger partial charge >= 0.3 is 5.97 Å². The van der Waals surface area contributed by atoms with Crippen molar-refractivity contribution in [3.63, 3.8) is 0 Å². The summed E-state index contributed by atoms with van der Waals surface area (Å²) in [6.45, 7) is 2.91. The number of carbonyl (C=O) groups excluding carboxylic acids is 3. The lowest BCUT2D eigenvalue weighted by molar-refractivity contribution is -0.119. The van der Waals surface area contributed by atoms with E-state index in [0.717, 1.165) is 29.7 Å². The van der Waals surface area contributed by atoms with Crippen LogP contribution in [0.3, 0.4) is 0 Å². The molecule has 0 unspecified atom stereocenters. The fraction of sp³-hybridized carbons (Fsp3) is 0.353. The normalized spacial score (nSPS) is 12.7. The maximum absolute atomic E-state index is 12.1.